The van der Waals surface area contributed by atoms with Crippen molar-refractivity contribution in [3.8, 4) is 0 Å². The van der Waals surface area contributed by atoms with Gasteiger partial charge in [-0.05, 0) is 43.9 Å². The van der Waals surface area contributed by atoms with Gasteiger partial charge in [0, 0.05) is 13.6 Å². The number of anilines is 2. The summed E-state index contributed by atoms with van der Waals surface area (Å²) in [7, 11) is 1.69. The number of rotatable bonds is 2. The highest BCUT2D eigenvalue weighted by molar-refractivity contribution is 5.86. The Hall–Kier alpha value is -1.71. The van der Waals surface area contributed by atoms with Crippen molar-refractivity contribution in [1.82, 2.24) is 5.32 Å². The minimum Gasteiger partial charge on any atom is -0.397 e. The predicted octanol–water partition coefficient (Wildman–Crippen LogP) is 1.68. The molecule has 1 amide bonds. The van der Waals surface area contributed by atoms with Gasteiger partial charge in [0.05, 0.1) is 11.4 Å². The number of carbonyl (C=O) groups is 1. The van der Waals surface area contributed by atoms with Crippen LogP contribution >= 0.6 is 0 Å². The van der Waals surface area contributed by atoms with Crippen LogP contribution < -0.4 is 16.0 Å². The van der Waals surface area contributed by atoms with E-state index in [0.29, 0.717) is 0 Å². The lowest BCUT2D eigenvalue weighted by Gasteiger charge is -2.37. The van der Waals surface area contributed by atoms with Gasteiger partial charge >= 0.3 is 0 Å². The minimum atomic E-state index is -0.0900. The van der Waals surface area contributed by atoms with E-state index in [9.17, 15) is 4.79 Å². The van der Waals surface area contributed by atoms with E-state index in [-0.39, 0.29) is 11.9 Å². The number of carbonyl (C=O) groups excluding carboxylic acids is 1. The van der Waals surface area contributed by atoms with E-state index in [1.807, 2.05) is 19.1 Å². The predicted molar refractivity (Wildman–Crippen MR) is 74.6 cm³/mol. The van der Waals surface area contributed by atoms with Crippen LogP contribution in [0.4, 0.5) is 11.4 Å². The molecule has 1 atom stereocenters. The minimum absolute atomic E-state index is 0.0793. The van der Waals surface area contributed by atoms with Gasteiger partial charge in [-0.1, -0.05) is 6.07 Å². The second kappa shape index (κ2) is 5.29. The maximum Gasteiger partial charge on any atom is 0.242 e. The smallest absolute Gasteiger partial charge is 0.242 e. The number of nitrogens with two attached hydrogens (primary N) is 1. The lowest BCUT2D eigenvalue weighted by molar-refractivity contribution is -0.122. The largest absolute Gasteiger partial charge is 0.397 e. The number of nitrogens with one attached hydrogen (secondary N) is 1. The molecule has 0 aliphatic carbocycles. The lowest BCUT2D eigenvalue weighted by Crippen LogP contribution is -2.49. The molecular weight excluding hydrogens is 226 g/mol. The molecule has 0 bridgehead atoms. The Morgan fingerprint density at radius 3 is 2.94 bits per heavy atom. The van der Waals surface area contributed by atoms with E-state index in [0.717, 1.165) is 37.2 Å². The molecule has 1 heterocycles. The first-order chi connectivity index (χ1) is 8.63. The number of aryl methyl sites for hydroxylation is 1. The molecule has 2 rings (SSSR count). The van der Waals surface area contributed by atoms with Crippen molar-refractivity contribution in [1.29, 1.82) is 0 Å². The molecule has 1 aromatic rings. The molecular formula is C14H21N3O. The maximum absolute atomic E-state index is 12.0. The van der Waals surface area contributed by atoms with Crippen molar-refractivity contribution in [3.05, 3.63) is 23.8 Å². The van der Waals surface area contributed by atoms with Gasteiger partial charge in [-0.3, -0.25) is 4.79 Å². The van der Waals surface area contributed by atoms with Gasteiger partial charge in [0.15, 0.2) is 0 Å². The molecule has 18 heavy (non-hydrogen) atoms. The molecule has 3 N–H and O–H groups in total. The Kier molecular flexibility index (Phi) is 3.75. The van der Waals surface area contributed by atoms with Gasteiger partial charge in [0.2, 0.25) is 5.91 Å². The van der Waals surface area contributed by atoms with Crippen molar-refractivity contribution in [2.24, 2.45) is 0 Å². The zero-order chi connectivity index (χ0) is 13.1. The standard InChI is InChI=1S/C14H21N3O/c1-10-6-7-11(15)13(9-10)17-8-4-3-5-12(17)14(18)16-2/h6-7,9,12H,3-5,8,15H2,1-2H3,(H,16,18). The van der Waals surface area contributed by atoms with Crippen LogP contribution in [0.15, 0.2) is 18.2 Å². The molecule has 4 nitrogen and oxygen atoms in total. The van der Waals surface area contributed by atoms with Crippen LogP contribution in [-0.2, 0) is 4.79 Å². The summed E-state index contributed by atoms with van der Waals surface area (Å²) in [6.45, 7) is 2.94. The van der Waals surface area contributed by atoms with E-state index < -0.39 is 0 Å². The van der Waals surface area contributed by atoms with Crippen LogP contribution in [0.5, 0.6) is 0 Å². The van der Waals surface area contributed by atoms with Crippen LogP contribution in [0.1, 0.15) is 24.8 Å². The Morgan fingerprint density at radius 2 is 2.22 bits per heavy atom. The molecule has 0 aromatic heterocycles. The highest BCUT2D eigenvalue weighted by Gasteiger charge is 2.29. The van der Waals surface area contributed by atoms with E-state index in [1.54, 1.807) is 7.05 Å². The topological polar surface area (TPSA) is 58.4 Å². The normalized spacial score (nSPS) is 19.7. The van der Waals surface area contributed by atoms with E-state index in [2.05, 4.69) is 16.3 Å². The molecule has 98 valence electrons. The number of hydrogen-bond acceptors (Lipinski definition) is 3. The first kappa shape index (κ1) is 12.7. The van der Waals surface area contributed by atoms with Crippen molar-refractivity contribution in [2.45, 2.75) is 32.2 Å². The molecule has 1 unspecified atom stereocenters. The molecule has 1 fully saturated rings. The van der Waals surface area contributed by atoms with Gasteiger partial charge in [-0.15, -0.1) is 0 Å². The molecule has 1 aliphatic rings. The Morgan fingerprint density at radius 1 is 1.44 bits per heavy atom. The fourth-order valence-electron chi connectivity index (χ4n) is 2.56. The van der Waals surface area contributed by atoms with Crippen LogP contribution in [0.2, 0.25) is 0 Å². The van der Waals surface area contributed by atoms with Gasteiger partial charge in [-0.2, -0.15) is 0 Å². The van der Waals surface area contributed by atoms with E-state index in [1.165, 1.54) is 5.56 Å². The SMILES string of the molecule is CNC(=O)C1CCCCN1c1cc(C)ccc1N. The first-order valence-electron chi connectivity index (χ1n) is 6.48. The summed E-state index contributed by atoms with van der Waals surface area (Å²) in [4.78, 5) is 14.1. The second-order valence-corrected chi connectivity index (χ2v) is 4.88. The average molecular weight is 247 g/mol. The third kappa shape index (κ3) is 2.42. The summed E-state index contributed by atoms with van der Waals surface area (Å²) >= 11 is 0. The van der Waals surface area contributed by atoms with Crippen molar-refractivity contribution < 1.29 is 4.79 Å². The maximum atomic E-state index is 12.0. The number of piperidine rings is 1. The molecule has 0 spiro atoms. The van der Waals surface area contributed by atoms with Gasteiger partial charge < -0.3 is 16.0 Å². The quantitative estimate of drug-likeness (QED) is 0.782. The average Bonchev–Trinajstić information content (AvgIpc) is 2.40. The Balaban J connectivity index is 2.33. The highest BCUT2D eigenvalue weighted by Crippen LogP contribution is 2.30. The van der Waals surface area contributed by atoms with Crippen LogP contribution in [0.25, 0.3) is 0 Å². The third-order valence-corrected chi connectivity index (χ3v) is 3.55. The molecule has 1 aromatic carbocycles. The van der Waals surface area contributed by atoms with Crippen molar-refractivity contribution >= 4 is 17.3 Å². The zero-order valence-electron chi connectivity index (χ0n) is 11.1. The molecule has 1 aliphatic heterocycles. The molecule has 0 radical (unpaired) electrons. The van der Waals surface area contributed by atoms with Gasteiger partial charge in [-0.25, -0.2) is 0 Å². The highest BCUT2D eigenvalue weighted by atomic mass is 16.2. The first-order valence-corrected chi connectivity index (χ1v) is 6.48. The Bertz CT molecular complexity index is 445. The number of nitrogen functional groups attached to an aromatic ring is 1. The monoisotopic (exact) mass is 247 g/mol. The van der Waals surface area contributed by atoms with Gasteiger partial charge in [0.25, 0.3) is 0 Å². The summed E-state index contributed by atoms with van der Waals surface area (Å²) in [5, 5.41) is 2.75. The zero-order valence-corrected chi connectivity index (χ0v) is 11.1. The summed E-state index contributed by atoms with van der Waals surface area (Å²) in [6.07, 6.45) is 3.11. The number of benzene rings is 1. The lowest BCUT2D eigenvalue weighted by atomic mass is 9.99. The van der Waals surface area contributed by atoms with Crippen LogP contribution in [0.3, 0.4) is 0 Å². The third-order valence-electron chi connectivity index (χ3n) is 3.55. The molecule has 4 heteroatoms. The fourth-order valence-corrected chi connectivity index (χ4v) is 2.56. The van der Waals surface area contributed by atoms with Gasteiger partial charge in [0.1, 0.15) is 6.04 Å². The second-order valence-electron chi connectivity index (χ2n) is 4.88. The molecule has 0 saturated carbocycles. The summed E-state index contributed by atoms with van der Waals surface area (Å²) in [6, 6.07) is 5.89. The molecule has 1 saturated heterocycles. The summed E-state index contributed by atoms with van der Waals surface area (Å²) in [5.41, 5.74) is 8.95. The van der Waals surface area contributed by atoms with E-state index >= 15 is 0 Å². The number of amides is 1. The number of nitrogens with zero attached hydrogens (tertiary/aromatic N) is 1. The summed E-state index contributed by atoms with van der Waals surface area (Å²) in [5.74, 6) is 0.0793. The number of likely N-dealkylation sites (N-methyl/N-ethyl adjacent to an activating group) is 1. The Labute approximate surface area is 108 Å². The van der Waals surface area contributed by atoms with E-state index in [4.69, 9.17) is 5.73 Å². The number of hydrogen-bond donors (Lipinski definition) is 2. The van der Waals surface area contributed by atoms with Crippen molar-refractivity contribution in [2.75, 3.05) is 24.2 Å². The van der Waals surface area contributed by atoms with Crippen LogP contribution in [0, 0.1) is 6.92 Å². The summed E-state index contributed by atoms with van der Waals surface area (Å²) < 4.78 is 0. The van der Waals surface area contributed by atoms with Crippen molar-refractivity contribution in [3.63, 3.8) is 0 Å². The fraction of sp³-hybridized carbons (Fsp3) is 0.500. The van der Waals surface area contributed by atoms with Crippen LogP contribution in [-0.4, -0.2) is 25.5 Å².